The van der Waals surface area contributed by atoms with Gasteiger partial charge in [-0.3, -0.25) is 9.69 Å². The summed E-state index contributed by atoms with van der Waals surface area (Å²) in [4.78, 5) is 26.9. The molecule has 0 aliphatic carbocycles. The van der Waals surface area contributed by atoms with Gasteiger partial charge >= 0.3 is 6.09 Å². The van der Waals surface area contributed by atoms with Crippen LogP contribution in [-0.4, -0.2) is 56.2 Å². The Kier molecular flexibility index (Phi) is 6.20. The van der Waals surface area contributed by atoms with E-state index in [1.165, 1.54) is 10.5 Å². The van der Waals surface area contributed by atoms with E-state index < -0.39 is 0 Å². The fourth-order valence-electron chi connectivity index (χ4n) is 3.18. The predicted octanol–water partition coefficient (Wildman–Crippen LogP) is 0.907. The molecule has 0 radical (unpaired) electrons. The fourth-order valence-corrected chi connectivity index (χ4v) is 3.18. The van der Waals surface area contributed by atoms with E-state index in [1.54, 1.807) is 11.8 Å². The van der Waals surface area contributed by atoms with E-state index in [1.807, 2.05) is 13.8 Å². The van der Waals surface area contributed by atoms with Crippen molar-refractivity contribution in [2.75, 3.05) is 44.6 Å². The molecule has 1 aromatic carbocycles. The first-order valence-electron chi connectivity index (χ1n) is 8.53. The number of rotatable bonds is 4. The van der Waals surface area contributed by atoms with Crippen molar-refractivity contribution in [2.45, 2.75) is 27.7 Å². The lowest BCUT2D eigenvalue weighted by molar-refractivity contribution is -0.895. The van der Waals surface area contributed by atoms with Crippen LogP contribution in [0.25, 0.3) is 0 Å². The molecule has 2 N–H and O–H groups in total. The van der Waals surface area contributed by atoms with Crippen molar-refractivity contribution < 1.29 is 19.2 Å². The molecule has 1 aliphatic rings. The molecule has 0 saturated carbocycles. The Labute approximate surface area is 143 Å². The Bertz CT molecular complexity index is 585. The summed E-state index contributed by atoms with van der Waals surface area (Å²) >= 11 is 0. The van der Waals surface area contributed by atoms with Crippen LogP contribution < -0.4 is 10.2 Å². The molecule has 0 bridgehead atoms. The van der Waals surface area contributed by atoms with E-state index in [9.17, 15) is 9.59 Å². The van der Waals surface area contributed by atoms with Crippen molar-refractivity contribution in [3.63, 3.8) is 0 Å². The van der Waals surface area contributed by atoms with Gasteiger partial charge in [0.1, 0.15) is 0 Å². The molecule has 132 valence electrons. The molecule has 0 spiro atoms. The minimum absolute atomic E-state index is 0.0182. The Morgan fingerprint density at radius 1 is 1.17 bits per heavy atom. The van der Waals surface area contributed by atoms with Gasteiger partial charge in [-0.25, -0.2) is 4.79 Å². The summed E-state index contributed by atoms with van der Waals surface area (Å²) < 4.78 is 5.01. The van der Waals surface area contributed by atoms with Gasteiger partial charge in [-0.05, 0) is 38.8 Å². The van der Waals surface area contributed by atoms with Crippen LogP contribution in [0.5, 0.6) is 0 Å². The highest BCUT2D eigenvalue weighted by Crippen LogP contribution is 2.21. The maximum atomic E-state index is 12.4. The molecule has 1 heterocycles. The van der Waals surface area contributed by atoms with Gasteiger partial charge < -0.3 is 15.0 Å². The number of nitrogens with one attached hydrogen (secondary N) is 2. The number of anilines is 1. The lowest BCUT2D eigenvalue weighted by Crippen LogP contribution is -3.15. The third-order valence-corrected chi connectivity index (χ3v) is 4.35. The van der Waals surface area contributed by atoms with Gasteiger partial charge in [0.05, 0.1) is 32.8 Å². The smallest absolute Gasteiger partial charge is 0.410 e. The van der Waals surface area contributed by atoms with Crippen molar-refractivity contribution in [3.05, 3.63) is 28.8 Å². The first-order chi connectivity index (χ1) is 11.4. The number of quaternary nitrogens is 1. The minimum Gasteiger partial charge on any atom is -0.450 e. The zero-order chi connectivity index (χ0) is 17.7. The van der Waals surface area contributed by atoms with Crippen molar-refractivity contribution in [1.82, 2.24) is 4.90 Å². The van der Waals surface area contributed by atoms with Crippen LogP contribution in [0, 0.1) is 20.8 Å². The highest BCUT2D eigenvalue weighted by atomic mass is 16.6. The van der Waals surface area contributed by atoms with E-state index >= 15 is 0 Å². The molecule has 0 unspecified atom stereocenters. The summed E-state index contributed by atoms with van der Waals surface area (Å²) in [6, 6.07) is 4.15. The van der Waals surface area contributed by atoms with Crippen LogP contribution in [0.4, 0.5) is 10.5 Å². The average Bonchev–Trinajstić information content (AvgIpc) is 2.52. The number of carbonyl (C=O) groups excluding carboxylic acids is 2. The highest BCUT2D eigenvalue weighted by Gasteiger charge is 2.26. The summed E-state index contributed by atoms with van der Waals surface area (Å²) in [5.74, 6) is 0.0182. The molecule has 24 heavy (non-hydrogen) atoms. The maximum absolute atomic E-state index is 12.4. The molecule has 0 atom stereocenters. The van der Waals surface area contributed by atoms with E-state index in [4.69, 9.17) is 4.74 Å². The third kappa shape index (κ3) is 4.71. The van der Waals surface area contributed by atoms with Crippen LogP contribution in [0.3, 0.4) is 0 Å². The van der Waals surface area contributed by atoms with Crippen LogP contribution in [0.2, 0.25) is 0 Å². The second kappa shape index (κ2) is 8.15. The number of amides is 2. The average molecular weight is 334 g/mol. The fraction of sp³-hybridized carbons (Fsp3) is 0.556. The van der Waals surface area contributed by atoms with Gasteiger partial charge in [0.15, 0.2) is 6.54 Å². The van der Waals surface area contributed by atoms with Crippen molar-refractivity contribution >= 4 is 17.7 Å². The van der Waals surface area contributed by atoms with Crippen molar-refractivity contribution in [1.29, 1.82) is 0 Å². The Morgan fingerprint density at radius 2 is 1.75 bits per heavy atom. The molecule has 1 aromatic rings. The number of benzene rings is 1. The van der Waals surface area contributed by atoms with Gasteiger partial charge in [0, 0.05) is 5.69 Å². The second-order valence-corrected chi connectivity index (χ2v) is 6.43. The number of piperazine rings is 1. The maximum Gasteiger partial charge on any atom is 0.410 e. The number of carbonyl (C=O) groups is 2. The molecule has 1 saturated heterocycles. The molecule has 1 aliphatic heterocycles. The van der Waals surface area contributed by atoms with E-state index in [2.05, 4.69) is 24.4 Å². The largest absolute Gasteiger partial charge is 0.450 e. The molecule has 2 amide bonds. The summed E-state index contributed by atoms with van der Waals surface area (Å²) in [6.07, 6.45) is -0.257. The first-order valence-corrected chi connectivity index (χ1v) is 8.53. The first kappa shape index (κ1) is 18.3. The third-order valence-electron chi connectivity index (χ3n) is 4.35. The standard InChI is InChI=1S/C18H27N3O3/c1-5-24-18(23)21-8-6-20(7-9-21)12-16(22)19-17-14(3)10-13(2)11-15(17)4/h10-11H,5-9,12H2,1-4H3,(H,19,22)/p+1. The van der Waals surface area contributed by atoms with Gasteiger partial charge in [0.25, 0.3) is 5.91 Å². The topological polar surface area (TPSA) is 63.1 Å². The van der Waals surface area contributed by atoms with Crippen molar-refractivity contribution in [3.8, 4) is 0 Å². The number of hydrogen-bond donors (Lipinski definition) is 2. The SMILES string of the molecule is CCOC(=O)N1CC[NH+](CC(=O)Nc2c(C)cc(C)cc2C)CC1. The Hall–Kier alpha value is -2.08. The molecular formula is C18H28N3O3+. The lowest BCUT2D eigenvalue weighted by Gasteiger charge is -2.31. The van der Waals surface area contributed by atoms with Gasteiger partial charge in [0.2, 0.25) is 0 Å². The van der Waals surface area contributed by atoms with E-state index in [0.717, 1.165) is 29.9 Å². The summed E-state index contributed by atoms with van der Waals surface area (Å²) in [7, 11) is 0. The predicted molar refractivity (Wildman–Crippen MR) is 93.4 cm³/mol. The van der Waals surface area contributed by atoms with Crippen molar-refractivity contribution in [2.24, 2.45) is 0 Å². The number of hydrogen-bond acceptors (Lipinski definition) is 3. The van der Waals surface area contributed by atoms with Gasteiger partial charge in [-0.2, -0.15) is 0 Å². The quantitative estimate of drug-likeness (QED) is 0.860. The lowest BCUT2D eigenvalue weighted by atomic mass is 10.1. The monoisotopic (exact) mass is 334 g/mol. The zero-order valence-corrected chi connectivity index (χ0v) is 15.1. The second-order valence-electron chi connectivity index (χ2n) is 6.43. The molecule has 2 rings (SSSR count). The molecule has 6 nitrogen and oxygen atoms in total. The van der Waals surface area contributed by atoms with Gasteiger partial charge in [-0.15, -0.1) is 0 Å². The van der Waals surface area contributed by atoms with Crippen LogP contribution in [0.1, 0.15) is 23.6 Å². The van der Waals surface area contributed by atoms with Gasteiger partial charge in [-0.1, -0.05) is 17.7 Å². The van der Waals surface area contributed by atoms with Crippen LogP contribution >= 0.6 is 0 Å². The minimum atomic E-state index is -0.257. The highest BCUT2D eigenvalue weighted by molar-refractivity contribution is 5.93. The normalized spacial score (nSPS) is 15.2. The molecule has 0 aromatic heterocycles. The molecular weight excluding hydrogens is 306 g/mol. The summed E-state index contributed by atoms with van der Waals surface area (Å²) in [5, 5.41) is 3.04. The van der Waals surface area contributed by atoms with Crippen LogP contribution in [-0.2, 0) is 9.53 Å². The van der Waals surface area contributed by atoms with E-state index in [-0.39, 0.29) is 12.0 Å². The summed E-state index contributed by atoms with van der Waals surface area (Å²) in [5.41, 5.74) is 4.28. The number of aryl methyl sites for hydroxylation is 3. The number of ether oxygens (including phenoxy) is 1. The molecule has 1 fully saturated rings. The Balaban J connectivity index is 1.85. The zero-order valence-electron chi connectivity index (χ0n) is 15.1. The van der Waals surface area contributed by atoms with Crippen LogP contribution in [0.15, 0.2) is 12.1 Å². The molecule has 6 heteroatoms. The summed E-state index contributed by atoms with van der Waals surface area (Å²) in [6.45, 7) is 11.5. The number of nitrogens with zero attached hydrogens (tertiary/aromatic N) is 1. The van der Waals surface area contributed by atoms with E-state index in [0.29, 0.717) is 26.2 Å². The Morgan fingerprint density at radius 3 is 2.29 bits per heavy atom.